The third kappa shape index (κ3) is 18.4. The van der Waals surface area contributed by atoms with E-state index in [-0.39, 0.29) is 48.6 Å². The number of aliphatic hydroxyl groups is 1. The maximum Gasteiger partial charge on any atom is 0.317 e. The number of amides is 1. The fourth-order valence-corrected chi connectivity index (χ4v) is 2.64. The zero-order valence-electron chi connectivity index (χ0n) is 16.3. The van der Waals surface area contributed by atoms with Crippen molar-refractivity contribution in [2.24, 2.45) is 0 Å². The molecule has 6 nitrogen and oxygen atoms in total. The summed E-state index contributed by atoms with van der Waals surface area (Å²) in [7, 11) is 0. The van der Waals surface area contributed by atoms with Crippen molar-refractivity contribution in [3.63, 3.8) is 0 Å². The van der Waals surface area contributed by atoms with Crippen molar-refractivity contribution < 1.29 is 19.8 Å². The molecule has 7 heteroatoms. The molecule has 0 aromatic heterocycles. The SMILES string of the molecule is CCCCCCCCCCCC(=O)N(CCO)CCNCC(=O)O.[Na]. The van der Waals surface area contributed by atoms with Crippen molar-refractivity contribution in [1.82, 2.24) is 10.2 Å². The van der Waals surface area contributed by atoms with Crippen molar-refractivity contribution in [3.8, 4) is 0 Å². The number of carboxylic acids is 1. The van der Waals surface area contributed by atoms with Gasteiger partial charge in [-0.05, 0) is 6.42 Å². The molecule has 1 amide bonds. The van der Waals surface area contributed by atoms with E-state index >= 15 is 0 Å². The summed E-state index contributed by atoms with van der Waals surface area (Å²) in [5, 5.41) is 20.4. The molecule has 0 atom stereocenters. The van der Waals surface area contributed by atoms with E-state index in [1.807, 2.05) is 0 Å². The Balaban J connectivity index is 0. The maximum atomic E-state index is 12.1. The number of hydrogen-bond acceptors (Lipinski definition) is 4. The van der Waals surface area contributed by atoms with Crippen molar-refractivity contribution >= 4 is 41.4 Å². The van der Waals surface area contributed by atoms with Gasteiger partial charge in [0.2, 0.25) is 5.91 Å². The summed E-state index contributed by atoms with van der Waals surface area (Å²) in [5.74, 6) is -0.867. The van der Waals surface area contributed by atoms with E-state index < -0.39 is 5.97 Å². The molecule has 25 heavy (non-hydrogen) atoms. The minimum Gasteiger partial charge on any atom is -0.480 e. The fraction of sp³-hybridized carbons (Fsp3) is 0.889. The Hall–Kier alpha value is -0.140. The number of unbranched alkanes of at least 4 members (excludes halogenated alkanes) is 8. The molecule has 0 aliphatic rings. The van der Waals surface area contributed by atoms with E-state index in [0.29, 0.717) is 26.1 Å². The summed E-state index contributed by atoms with van der Waals surface area (Å²) < 4.78 is 0. The molecular formula is C18H36N2NaO4. The number of hydrogen-bond donors (Lipinski definition) is 3. The largest absolute Gasteiger partial charge is 0.480 e. The second kappa shape index (κ2) is 20.2. The van der Waals surface area contributed by atoms with Crippen LogP contribution in [0.5, 0.6) is 0 Å². The van der Waals surface area contributed by atoms with Crippen molar-refractivity contribution in [2.45, 2.75) is 71.1 Å². The van der Waals surface area contributed by atoms with E-state index in [0.717, 1.165) is 12.8 Å². The summed E-state index contributed by atoms with van der Waals surface area (Å²) in [5.41, 5.74) is 0. The number of carbonyl (C=O) groups is 2. The zero-order valence-corrected chi connectivity index (χ0v) is 18.3. The van der Waals surface area contributed by atoms with Crippen LogP contribution in [0.15, 0.2) is 0 Å². The molecule has 0 unspecified atom stereocenters. The Morgan fingerprint density at radius 2 is 1.48 bits per heavy atom. The first-order chi connectivity index (χ1) is 11.6. The summed E-state index contributed by atoms with van der Waals surface area (Å²) >= 11 is 0. The molecule has 0 bridgehead atoms. The van der Waals surface area contributed by atoms with Crippen LogP contribution in [0, 0.1) is 0 Å². The topological polar surface area (TPSA) is 89.9 Å². The first-order valence-electron chi connectivity index (χ1n) is 9.43. The quantitative estimate of drug-likeness (QED) is 0.270. The van der Waals surface area contributed by atoms with E-state index in [1.54, 1.807) is 4.90 Å². The molecule has 0 aliphatic heterocycles. The number of carboxylic acid groups (broad SMARTS) is 1. The number of nitrogens with one attached hydrogen (secondary N) is 1. The molecule has 0 rings (SSSR count). The van der Waals surface area contributed by atoms with Gasteiger partial charge in [0.15, 0.2) is 0 Å². The van der Waals surface area contributed by atoms with Crippen molar-refractivity contribution in [3.05, 3.63) is 0 Å². The summed E-state index contributed by atoms with van der Waals surface area (Å²) in [4.78, 5) is 24.2. The van der Waals surface area contributed by atoms with Crippen LogP contribution in [-0.2, 0) is 9.59 Å². The van der Waals surface area contributed by atoms with Crippen LogP contribution in [0.3, 0.4) is 0 Å². The Bertz CT molecular complexity index is 330. The number of carbonyl (C=O) groups excluding carboxylic acids is 1. The first-order valence-corrected chi connectivity index (χ1v) is 9.43. The molecule has 0 saturated heterocycles. The van der Waals surface area contributed by atoms with Crippen LogP contribution < -0.4 is 5.32 Å². The minimum atomic E-state index is -0.912. The summed E-state index contributed by atoms with van der Waals surface area (Å²) in [6, 6.07) is 0. The molecular weight excluding hydrogens is 331 g/mol. The zero-order chi connectivity index (χ0) is 18.0. The van der Waals surface area contributed by atoms with Gasteiger partial charge in [-0.15, -0.1) is 0 Å². The van der Waals surface area contributed by atoms with Gasteiger partial charge in [-0.25, -0.2) is 0 Å². The number of rotatable bonds is 17. The van der Waals surface area contributed by atoms with Crippen LogP contribution in [0.1, 0.15) is 71.1 Å². The van der Waals surface area contributed by atoms with E-state index in [4.69, 9.17) is 10.2 Å². The standard InChI is InChI=1S/C18H36N2O4.Na/c1-2-3-4-5-6-7-8-9-10-11-17(22)20(14-15-21)13-12-19-16-18(23)24;/h19,21H,2-16H2,1H3,(H,23,24);. The predicted octanol–water partition coefficient (Wildman–Crippen LogP) is 2.02. The van der Waals surface area contributed by atoms with Crippen LogP contribution >= 0.6 is 0 Å². The Kier molecular flexibility index (Phi) is 21.9. The Morgan fingerprint density at radius 1 is 0.920 bits per heavy atom. The van der Waals surface area contributed by atoms with Gasteiger partial charge < -0.3 is 20.4 Å². The van der Waals surface area contributed by atoms with Crippen LogP contribution in [-0.4, -0.2) is 89.3 Å². The van der Waals surface area contributed by atoms with E-state index in [1.165, 1.54) is 44.9 Å². The molecule has 0 heterocycles. The fourth-order valence-electron chi connectivity index (χ4n) is 2.64. The third-order valence-electron chi connectivity index (χ3n) is 4.05. The van der Waals surface area contributed by atoms with Crippen LogP contribution in [0.4, 0.5) is 0 Å². The van der Waals surface area contributed by atoms with Crippen LogP contribution in [0.25, 0.3) is 0 Å². The molecule has 0 aromatic carbocycles. The molecule has 0 aromatic rings. The molecule has 0 aliphatic carbocycles. The van der Waals surface area contributed by atoms with Crippen LogP contribution in [0.2, 0.25) is 0 Å². The predicted molar refractivity (Wildman–Crippen MR) is 102 cm³/mol. The molecule has 143 valence electrons. The van der Waals surface area contributed by atoms with Gasteiger partial charge in [0, 0.05) is 55.6 Å². The van der Waals surface area contributed by atoms with Gasteiger partial charge in [-0.2, -0.15) is 0 Å². The van der Waals surface area contributed by atoms with Gasteiger partial charge in [0.1, 0.15) is 0 Å². The molecule has 0 spiro atoms. The van der Waals surface area contributed by atoms with Gasteiger partial charge in [0.25, 0.3) is 0 Å². The van der Waals surface area contributed by atoms with Gasteiger partial charge in [-0.3, -0.25) is 9.59 Å². The van der Waals surface area contributed by atoms with Gasteiger partial charge >= 0.3 is 5.97 Å². The average Bonchev–Trinajstić information content (AvgIpc) is 2.55. The van der Waals surface area contributed by atoms with Gasteiger partial charge in [0.05, 0.1) is 13.2 Å². The number of nitrogens with zero attached hydrogens (tertiary/aromatic N) is 1. The normalized spacial score (nSPS) is 10.3. The summed E-state index contributed by atoms with van der Waals surface area (Å²) in [6.45, 7) is 3.21. The first kappa shape index (κ1) is 27.1. The Labute approximate surface area is 175 Å². The minimum absolute atomic E-state index is 0. The van der Waals surface area contributed by atoms with E-state index in [9.17, 15) is 9.59 Å². The number of aliphatic carboxylic acids is 1. The third-order valence-corrected chi connectivity index (χ3v) is 4.05. The Morgan fingerprint density at radius 3 is 2.00 bits per heavy atom. The second-order valence-corrected chi connectivity index (χ2v) is 6.25. The second-order valence-electron chi connectivity index (χ2n) is 6.25. The maximum absolute atomic E-state index is 12.1. The van der Waals surface area contributed by atoms with E-state index in [2.05, 4.69) is 12.2 Å². The van der Waals surface area contributed by atoms with Crippen molar-refractivity contribution in [1.29, 1.82) is 0 Å². The smallest absolute Gasteiger partial charge is 0.317 e. The van der Waals surface area contributed by atoms with Crippen molar-refractivity contribution in [2.75, 3.05) is 32.8 Å². The monoisotopic (exact) mass is 367 g/mol. The van der Waals surface area contributed by atoms with Gasteiger partial charge in [-0.1, -0.05) is 58.3 Å². The summed E-state index contributed by atoms with van der Waals surface area (Å²) in [6.07, 6.45) is 11.4. The molecule has 0 fully saturated rings. The molecule has 3 N–H and O–H groups in total. The molecule has 1 radical (unpaired) electrons. The number of aliphatic hydroxyl groups excluding tert-OH is 1. The average molecular weight is 367 g/mol. The molecule has 0 saturated carbocycles.